The van der Waals surface area contributed by atoms with Crippen molar-refractivity contribution in [3.8, 4) is 5.75 Å². The Hall–Kier alpha value is -2.07. The summed E-state index contributed by atoms with van der Waals surface area (Å²) in [6.07, 6.45) is 5.07. The standard InChI is InChI=1S/C13H14O4/c1-10(14)17-12-8-6-11(7-9-12)4-2-3-5-13(15)16/h2-10,14H,1H3,(H,15,16)/b4-2+,5-3+. The molecule has 0 saturated heterocycles. The van der Waals surface area contributed by atoms with E-state index in [-0.39, 0.29) is 0 Å². The molecule has 0 aliphatic heterocycles. The maximum absolute atomic E-state index is 10.2. The van der Waals surface area contributed by atoms with Crippen LogP contribution >= 0.6 is 0 Å². The van der Waals surface area contributed by atoms with Crippen LogP contribution in [0.1, 0.15) is 12.5 Å². The summed E-state index contributed by atoms with van der Waals surface area (Å²) in [5.74, 6) is -0.395. The second-order valence-electron chi connectivity index (χ2n) is 3.34. The zero-order valence-corrected chi connectivity index (χ0v) is 9.41. The lowest BCUT2D eigenvalue weighted by atomic mass is 10.2. The maximum Gasteiger partial charge on any atom is 0.328 e. The van der Waals surface area contributed by atoms with Gasteiger partial charge >= 0.3 is 5.97 Å². The number of hydrogen-bond donors (Lipinski definition) is 2. The van der Waals surface area contributed by atoms with Crippen molar-refractivity contribution < 1.29 is 19.7 Å². The largest absolute Gasteiger partial charge is 0.478 e. The van der Waals surface area contributed by atoms with Gasteiger partial charge in [0.1, 0.15) is 5.75 Å². The highest BCUT2D eigenvalue weighted by atomic mass is 16.6. The van der Waals surface area contributed by atoms with Gasteiger partial charge in [0.25, 0.3) is 0 Å². The Labute approximate surface area is 99.5 Å². The number of benzene rings is 1. The average Bonchev–Trinajstić information content (AvgIpc) is 2.25. The Morgan fingerprint density at radius 2 is 1.94 bits per heavy atom. The maximum atomic E-state index is 10.2. The summed E-state index contributed by atoms with van der Waals surface area (Å²) in [5.41, 5.74) is 0.915. The average molecular weight is 234 g/mol. The van der Waals surface area contributed by atoms with Gasteiger partial charge in [-0.1, -0.05) is 30.4 Å². The number of carbonyl (C=O) groups is 1. The summed E-state index contributed by atoms with van der Waals surface area (Å²) in [4.78, 5) is 10.2. The molecule has 0 bridgehead atoms. The van der Waals surface area contributed by atoms with Crippen LogP contribution in [0.5, 0.6) is 5.75 Å². The van der Waals surface area contributed by atoms with E-state index in [1.807, 2.05) is 12.1 Å². The molecule has 90 valence electrons. The van der Waals surface area contributed by atoms with Gasteiger partial charge in [-0.15, -0.1) is 0 Å². The molecule has 0 saturated carbocycles. The van der Waals surface area contributed by atoms with E-state index in [0.717, 1.165) is 11.6 Å². The zero-order valence-electron chi connectivity index (χ0n) is 9.41. The fraction of sp³-hybridized carbons (Fsp3) is 0.154. The van der Waals surface area contributed by atoms with Gasteiger partial charge in [0.05, 0.1) is 0 Å². The second-order valence-corrected chi connectivity index (χ2v) is 3.34. The lowest BCUT2D eigenvalue weighted by molar-refractivity contribution is -0.131. The van der Waals surface area contributed by atoms with Gasteiger partial charge in [-0.05, 0) is 24.6 Å². The molecule has 0 heterocycles. The topological polar surface area (TPSA) is 66.8 Å². The SMILES string of the molecule is CC(O)Oc1ccc(/C=C/C=C/C(=O)O)cc1. The van der Waals surface area contributed by atoms with Gasteiger partial charge in [0.2, 0.25) is 0 Å². The van der Waals surface area contributed by atoms with Crippen molar-refractivity contribution >= 4 is 12.0 Å². The minimum absolute atomic E-state index is 0.582. The van der Waals surface area contributed by atoms with Crippen molar-refractivity contribution in [2.24, 2.45) is 0 Å². The predicted octanol–water partition coefficient (Wildman–Crippen LogP) is 2.06. The molecular formula is C13H14O4. The van der Waals surface area contributed by atoms with Gasteiger partial charge in [-0.25, -0.2) is 4.79 Å². The van der Waals surface area contributed by atoms with Gasteiger partial charge in [0.15, 0.2) is 6.29 Å². The third kappa shape index (κ3) is 5.53. The molecule has 1 atom stereocenters. The lowest BCUT2D eigenvalue weighted by Gasteiger charge is -2.07. The molecule has 4 nitrogen and oxygen atoms in total. The molecule has 0 fully saturated rings. The molecule has 0 aromatic heterocycles. The van der Waals surface area contributed by atoms with Crippen LogP contribution in [0.3, 0.4) is 0 Å². The van der Waals surface area contributed by atoms with E-state index >= 15 is 0 Å². The highest BCUT2D eigenvalue weighted by Gasteiger charge is 1.96. The zero-order chi connectivity index (χ0) is 12.7. The van der Waals surface area contributed by atoms with Crippen LogP contribution in [0.2, 0.25) is 0 Å². The van der Waals surface area contributed by atoms with E-state index in [2.05, 4.69) is 0 Å². The highest BCUT2D eigenvalue weighted by molar-refractivity contribution is 5.80. The van der Waals surface area contributed by atoms with Gasteiger partial charge in [0, 0.05) is 6.08 Å². The first-order valence-corrected chi connectivity index (χ1v) is 5.10. The predicted molar refractivity (Wildman–Crippen MR) is 64.6 cm³/mol. The third-order valence-corrected chi connectivity index (χ3v) is 1.83. The number of aliphatic carboxylic acids is 1. The Balaban J connectivity index is 2.59. The Morgan fingerprint density at radius 1 is 1.29 bits per heavy atom. The van der Waals surface area contributed by atoms with Crippen LogP contribution in [0, 0.1) is 0 Å². The third-order valence-electron chi connectivity index (χ3n) is 1.83. The van der Waals surface area contributed by atoms with Crippen molar-refractivity contribution in [3.05, 3.63) is 48.1 Å². The molecule has 4 heteroatoms. The minimum atomic E-state index is -0.977. The monoisotopic (exact) mass is 234 g/mol. The molecule has 0 aliphatic rings. The fourth-order valence-corrected chi connectivity index (χ4v) is 1.16. The van der Waals surface area contributed by atoms with Crippen molar-refractivity contribution in [3.63, 3.8) is 0 Å². The van der Waals surface area contributed by atoms with E-state index in [1.165, 1.54) is 13.0 Å². The van der Waals surface area contributed by atoms with Gasteiger partial charge in [-0.2, -0.15) is 0 Å². The quantitative estimate of drug-likeness (QED) is 0.465. The summed E-state index contributed by atoms with van der Waals surface area (Å²) in [6.45, 7) is 1.53. The first-order chi connectivity index (χ1) is 8.08. The molecule has 0 spiro atoms. The van der Waals surface area contributed by atoms with Crippen molar-refractivity contribution in [1.82, 2.24) is 0 Å². The normalized spacial score (nSPS) is 13.1. The molecule has 0 amide bonds. The number of aliphatic hydroxyl groups excluding tert-OH is 1. The van der Waals surface area contributed by atoms with Crippen molar-refractivity contribution in [2.75, 3.05) is 0 Å². The molecule has 2 N–H and O–H groups in total. The number of carboxylic acid groups (broad SMARTS) is 1. The molecule has 1 rings (SSSR count). The number of ether oxygens (including phenoxy) is 1. The van der Waals surface area contributed by atoms with E-state index < -0.39 is 12.3 Å². The first-order valence-electron chi connectivity index (χ1n) is 5.10. The molecular weight excluding hydrogens is 220 g/mol. The van der Waals surface area contributed by atoms with Gasteiger partial charge in [-0.3, -0.25) is 0 Å². The summed E-state index contributed by atoms with van der Waals surface area (Å²) in [7, 11) is 0. The number of allylic oxidation sites excluding steroid dienone is 2. The van der Waals surface area contributed by atoms with Gasteiger partial charge < -0.3 is 14.9 Å². The van der Waals surface area contributed by atoms with Crippen LogP contribution in [0.25, 0.3) is 6.08 Å². The first kappa shape index (κ1) is 13.0. The smallest absolute Gasteiger partial charge is 0.328 e. The Bertz CT molecular complexity index is 416. The summed E-state index contributed by atoms with van der Waals surface area (Å²) < 4.78 is 5.07. The van der Waals surface area contributed by atoms with E-state index in [0.29, 0.717) is 5.75 Å². The molecule has 17 heavy (non-hydrogen) atoms. The summed E-state index contributed by atoms with van der Waals surface area (Å²) >= 11 is 0. The van der Waals surface area contributed by atoms with Crippen LogP contribution in [-0.2, 0) is 4.79 Å². The minimum Gasteiger partial charge on any atom is -0.478 e. The summed E-state index contributed by atoms with van der Waals surface area (Å²) in [6, 6.07) is 7.08. The fourth-order valence-electron chi connectivity index (χ4n) is 1.16. The number of carboxylic acids is 1. The lowest BCUT2D eigenvalue weighted by Crippen LogP contribution is -2.09. The highest BCUT2D eigenvalue weighted by Crippen LogP contribution is 2.14. The molecule has 0 aliphatic carbocycles. The molecule has 0 radical (unpaired) electrons. The van der Waals surface area contributed by atoms with Crippen LogP contribution in [0.15, 0.2) is 42.5 Å². The van der Waals surface area contributed by atoms with E-state index in [1.54, 1.807) is 24.3 Å². The number of rotatable bonds is 5. The molecule has 1 aromatic carbocycles. The van der Waals surface area contributed by atoms with Crippen LogP contribution in [-0.4, -0.2) is 22.5 Å². The Morgan fingerprint density at radius 3 is 2.47 bits per heavy atom. The molecule has 1 unspecified atom stereocenters. The number of hydrogen-bond acceptors (Lipinski definition) is 3. The second kappa shape index (κ2) is 6.50. The van der Waals surface area contributed by atoms with E-state index in [4.69, 9.17) is 14.9 Å². The van der Waals surface area contributed by atoms with Crippen molar-refractivity contribution in [1.29, 1.82) is 0 Å². The van der Waals surface area contributed by atoms with E-state index in [9.17, 15) is 4.79 Å². The van der Waals surface area contributed by atoms with Crippen molar-refractivity contribution in [2.45, 2.75) is 13.2 Å². The molecule has 1 aromatic rings. The van der Waals surface area contributed by atoms with Crippen LogP contribution in [0.4, 0.5) is 0 Å². The number of aliphatic hydroxyl groups is 1. The van der Waals surface area contributed by atoms with Crippen LogP contribution < -0.4 is 4.74 Å². The summed E-state index contributed by atoms with van der Waals surface area (Å²) in [5, 5.41) is 17.4. The Kier molecular flexibility index (Phi) is 4.97.